The number of rotatable bonds is 7. The van der Waals surface area contributed by atoms with Gasteiger partial charge in [-0.05, 0) is 63.2 Å². The number of aryl methyl sites for hydroxylation is 1. The molecule has 0 spiro atoms. The lowest BCUT2D eigenvalue weighted by Gasteiger charge is -2.23. The predicted octanol–water partition coefficient (Wildman–Crippen LogP) is 4.65. The summed E-state index contributed by atoms with van der Waals surface area (Å²) in [6.07, 6.45) is 0. The molecule has 166 valence electrons. The van der Waals surface area contributed by atoms with Gasteiger partial charge in [-0.3, -0.25) is 14.9 Å². The summed E-state index contributed by atoms with van der Waals surface area (Å²) in [5.41, 5.74) is 0.680. The molecule has 0 aliphatic heterocycles. The van der Waals surface area contributed by atoms with Gasteiger partial charge in [-0.25, -0.2) is 8.42 Å². The Hall–Kier alpha value is -3.72. The normalized spacial score (nSPS) is 11.1. The van der Waals surface area contributed by atoms with Crippen LogP contribution in [0.5, 0.6) is 5.75 Å². The van der Waals surface area contributed by atoms with Crippen LogP contribution in [-0.2, 0) is 10.0 Å². The number of nitrogens with zero attached hydrogens (tertiary/aromatic N) is 2. The lowest BCUT2D eigenvalue weighted by molar-refractivity contribution is -0.385. The number of anilines is 1. The highest BCUT2D eigenvalue weighted by Gasteiger charge is 2.33. The van der Waals surface area contributed by atoms with E-state index in [0.29, 0.717) is 16.7 Å². The summed E-state index contributed by atoms with van der Waals surface area (Å²) >= 11 is 0. The van der Waals surface area contributed by atoms with Crippen molar-refractivity contribution in [2.45, 2.75) is 25.7 Å². The first-order valence-corrected chi connectivity index (χ1v) is 11.2. The fourth-order valence-electron chi connectivity index (χ4n) is 3.19. The first-order chi connectivity index (χ1) is 15.2. The molecule has 0 fully saturated rings. The van der Waals surface area contributed by atoms with Gasteiger partial charge < -0.3 is 4.74 Å². The molecule has 0 unspecified atom stereocenters. The SMILES string of the molecule is CCOc1ccc(N(C(=O)c2cccc([N+](=O)[O-])c2C)S(=O)(=O)c2ccc(C)cc2)cc1. The van der Waals surface area contributed by atoms with E-state index in [0.717, 1.165) is 5.56 Å². The van der Waals surface area contributed by atoms with Gasteiger partial charge in [0.15, 0.2) is 0 Å². The minimum atomic E-state index is -4.32. The Bertz CT molecular complexity index is 1250. The number of hydrogen-bond donors (Lipinski definition) is 0. The molecule has 0 aliphatic carbocycles. The summed E-state index contributed by atoms with van der Waals surface area (Å²) in [5.74, 6) is -0.376. The van der Waals surface area contributed by atoms with Crippen LogP contribution >= 0.6 is 0 Å². The first kappa shape index (κ1) is 23.0. The molecule has 0 heterocycles. The van der Waals surface area contributed by atoms with E-state index in [1.165, 1.54) is 49.4 Å². The van der Waals surface area contributed by atoms with Crippen LogP contribution in [0.2, 0.25) is 0 Å². The van der Waals surface area contributed by atoms with Crippen molar-refractivity contribution in [3.05, 3.63) is 93.5 Å². The third kappa shape index (κ3) is 4.47. The molecule has 3 rings (SSSR count). The molecule has 0 radical (unpaired) electrons. The third-order valence-corrected chi connectivity index (χ3v) is 6.58. The summed E-state index contributed by atoms with van der Waals surface area (Å²) in [7, 11) is -4.32. The number of ether oxygens (including phenoxy) is 1. The highest BCUT2D eigenvalue weighted by atomic mass is 32.2. The molecule has 0 N–H and O–H groups in total. The van der Waals surface area contributed by atoms with E-state index in [2.05, 4.69) is 0 Å². The molecule has 8 nitrogen and oxygen atoms in total. The number of hydrogen-bond acceptors (Lipinski definition) is 6. The molecule has 0 saturated carbocycles. The maximum absolute atomic E-state index is 13.5. The molecule has 3 aromatic carbocycles. The zero-order valence-electron chi connectivity index (χ0n) is 17.8. The van der Waals surface area contributed by atoms with Gasteiger partial charge in [-0.15, -0.1) is 0 Å². The Balaban J connectivity index is 2.19. The van der Waals surface area contributed by atoms with Crippen LogP contribution in [0.25, 0.3) is 0 Å². The molecule has 0 atom stereocenters. The first-order valence-electron chi connectivity index (χ1n) is 9.80. The summed E-state index contributed by atoms with van der Waals surface area (Å²) in [4.78, 5) is 24.2. The lowest BCUT2D eigenvalue weighted by Crippen LogP contribution is -2.37. The second-order valence-electron chi connectivity index (χ2n) is 7.02. The summed E-state index contributed by atoms with van der Waals surface area (Å²) < 4.78 is 33.1. The molecule has 0 bridgehead atoms. The summed E-state index contributed by atoms with van der Waals surface area (Å²) in [6.45, 7) is 5.48. The second kappa shape index (κ2) is 9.19. The molecular weight excluding hydrogens is 432 g/mol. The minimum Gasteiger partial charge on any atom is -0.494 e. The van der Waals surface area contributed by atoms with Crippen LogP contribution in [0.3, 0.4) is 0 Å². The van der Waals surface area contributed by atoms with Gasteiger partial charge in [0.2, 0.25) is 0 Å². The van der Waals surface area contributed by atoms with Gasteiger partial charge in [-0.2, -0.15) is 4.31 Å². The maximum Gasteiger partial charge on any atom is 0.273 e. The molecule has 9 heteroatoms. The van der Waals surface area contributed by atoms with E-state index in [9.17, 15) is 23.3 Å². The fourth-order valence-corrected chi connectivity index (χ4v) is 4.59. The zero-order valence-corrected chi connectivity index (χ0v) is 18.6. The van der Waals surface area contributed by atoms with Crippen LogP contribution in [0, 0.1) is 24.0 Å². The lowest BCUT2D eigenvalue weighted by atomic mass is 10.1. The molecule has 1 amide bonds. The number of carbonyl (C=O) groups excluding carboxylic acids is 1. The van der Waals surface area contributed by atoms with Gasteiger partial charge >= 0.3 is 0 Å². The van der Waals surface area contributed by atoms with E-state index < -0.39 is 20.9 Å². The highest BCUT2D eigenvalue weighted by molar-refractivity contribution is 7.93. The second-order valence-corrected chi connectivity index (χ2v) is 8.81. The van der Waals surface area contributed by atoms with Crippen molar-refractivity contribution in [2.75, 3.05) is 10.9 Å². The van der Waals surface area contributed by atoms with E-state index in [-0.39, 0.29) is 27.4 Å². The van der Waals surface area contributed by atoms with Crippen molar-refractivity contribution >= 4 is 27.3 Å². The Labute approximate surface area is 186 Å². The Morgan fingerprint density at radius 1 is 1.00 bits per heavy atom. The van der Waals surface area contributed by atoms with E-state index in [4.69, 9.17) is 4.74 Å². The van der Waals surface area contributed by atoms with Gasteiger partial charge in [0.25, 0.3) is 21.6 Å². The molecule has 0 aromatic heterocycles. The average molecular weight is 455 g/mol. The quantitative estimate of drug-likeness (QED) is 0.380. The van der Waals surface area contributed by atoms with Crippen LogP contribution in [0.15, 0.2) is 71.6 Å². The van der Waals surface area contributed by atoms with Crippen molar-refractivity contribution < 1.29 is 22.9 Å². The van der Waals surface area contributed by atoms with Gasteiger partial charge in [0.1, 0.15) is 5.75 Å². The van der Waals surface area contributed by atoms with Crippen LogP contribution in [0.4, 0.5) is 11.4 Å². The van der Waals surface area contributed by atoms with Crippen molar-refractivity contribution in [1.82, 2.24) is 0 Å². The van der Waals surface area contributed by atoms with E-state index in [1.807, 2.05) is 13.8 Å². The number of amides is 1. The third-order valence-electron chi connectivity index (χ3n) is 4.86. The summed E-state index contributed by atoms with van der Waals surface area (Å²) in [5, 5.41) is 11.3. The smallest absolute Gasteiger partial charge is 0.273 e. The number of carbonyl (C=O) groups is 1. The largest absolute Gasteiger partial charge is 0.494 e. The van der Waals surface area contributed by atoms with Crippen molar-refractivity contribution in [3.8, 4) is 5.75 Å². The molecule has 3 aromatic rings. The molecular formula is C23H22N2O6S. The molecule has 0 aliphatic rings. The van der Waals surface area contributed by atoms with Gasteiger partial charge in [0.05, 0.1) is 27.7 Å². The minimum absolute atomic E-state index is 0.0755. The van der Waals surface area contributed by atoms with Crippen LogP contribution in [0.1, 0.15) is 28.4 Å². The highest BCUT2D eigenvalue weighted by Crippen LogP contribution is 2.30. The van der Waals surface area contributed by atoms with E-state index >= 15 is 0 Å². The Kier molecular flexibility index (Phi) is 6.59. The predicted molar refractivity (Wildman–Crippen MR) is 121 cm³/mol. The maximum atomic E-state index is 13.5. The average Bonchev–Trinajstić information content (AvgIpc) is 2.75. The molecule has 32 heavy (non-hydrogen) atoms. The summed E-state index contributed by atoms with van der Waals surface area (Å²) in [6, 6.07) is 16.1. The standard InChI is InChI=1S/C23H22N2O6S/c1-4-31-19-12-10-18(11-13-19)24(32(29,30)20-14-8-16(2)9-15-20)23(26)21-6-5-7-22(17(21)3)25(27)28/h5-15H,4H2,1-3H3. The fraction of sp³-hybridized carbons (Fsp3) is 0.174. The number of nitro groups is 1. The number of nitro benzene ring substituents is 1. The van der Waals surface area contributed by atoms with E-state index in [1.54, 1.807) is 24.3 Å². The topological polar surface area (TPSA) is 107 Å². The Morgan fingerprint density at radius 3 is 2.19 bits per heavy atom. The van der Waals surface area contributed by atoms with Crippen molar-refractivity contribution in [3.63, 3.8) is 0 Å². The molecule has 0 saturated heterocycles. The number of sulfonamides is 1. The van der Waals surface area contributed by atoms with Crippen molar-refractivity contribution in [2.24, 2.45) is 0 Å². The zero-order chi connectivity index (χ0) is 23.5. The van der Waals surface area contributed by atoms with Gasteiger partial charge in [0, 0.05) is 11.6 Å². The van der Waals surface area contributed by atoms with Gasteiger partial charge in [-0.1, -0.05) is 23.8 Å². The van der Waals surface area contributed by atoms with Crippen LogP contribution in [-0.4, -0.2) is 25.9 Å². The van der Waals surface area contributed by atoms with Crippen molar-refractivity contribution in [1.29, 1.82) is 0 Å². The monoisotopic (exact) mass is 454 g/mol. The Morgan fingerprint density at radius 2 is 1.62 bits per heavy atom. The number of benzene rings is 3. The van der Waals surface area contributed by atoms with Crippen LogP contribution < -0.4 is 9.04 Å².